The second-order valence-corrected chi connectivity index (χ2v) is 7.90. The molecule has 1 N–H and O–H groups in total. The van der Waals surface area contributed by atoms with Gasteiger partial charge in [-0.25, -0.2) is 9.67 Å². The minimum absolute atomic E-state index is 0.125. The van der Waals surface area contributed by atoms with Crippen molar-refractivity contribution in [2.24, 2.45) is 0 Å². The molecule has 30 heavy (non-hydrogen) atoms. The highest BCUT2D eigenvalue weighted by Crippen LogP contribution is 2.28. The van der Waals surface area contributed by atoms with Gasteiger partial charge in [-0.3, -0.25) is 19.3 Å². The Bertz CT molecular complexity index is 1150. The molecule has 0 bridgehead atoms. The highest BCUT2D eigenvalue weighted by Gasteiger charge is 2.35. The van der Waals surface area contributed by atoms with Gasteiger partial charge in [-0.15, -0.1) is 0 Å². The Morgan fingerprint density at radius 1 is 1.13 bits per heavy atom. The van der Waals surface area contributed by atoms with Crippen molar-refractivity contribution in [2.45, 2.75) is 12.8 Å². The molecule has 8 nitrogen and oxygen atoms in total. The summed E-state index contributed by atoms with van der Waals surface area (Å²) in [6.07, 6.45) is 3.31. The number of fused-ring (bicyclic) bond motifs is 1. The van der Waals surface area contributed by atoms with Gasteiger partial charge in [0.2, 0.25) is 5.91 Å². The van der Waals surface area contributed by atoms with Gasteiger partial charge in [0.1, 0.15) is 18.3 Å². The van der Waals surface area contributed by atoms with Crippen LogP contribution in [0.25, 0.3) is 5.69 Å². The van der Waals surface area contributed by atoms with E-state index < -0.39 is 0 Å². The summed E-state index contributed by atoms with van der Waals surface area (Å²) in [6.45, 7) is 0.156. The number of nitrogens with one attached hydrogen (secondary N) is 1. The first-order valence-corrected chi connectivity index (χ1v) is 10.2. The lowest BCUT2D eigenvalue weighted by atomic mass is 10.1. The van der Waals surface area contributed by atoms with Gasteiger partial charge in [-0.2, -0.15) is 5.10 Å². The van der Waals surface area contributed by atoms with E-state index in [1.165, 1.54) is 22.2 Å². The zero-order chi connectivity index (χ0) is 21.3. The van der Waals surface area contributed by atoms with E-state index in [0.29, 0.717) is 33.9 Å². The molecule has 2 aromatic carbocycles. The molecule has 4 rings (SSSR count). The number of rotatable bonds is 6. The summed E-state index contributed by atoms with van der Waals surface area (Å²) in [7, 11) is 0. The van der Waals surface area contributed by atoms with Crippen molar-refractivity contribution in [3.05, 3.63) is 69.7 Å². The molecular formula is C20H15BrClN5O3. The Balaban J connectivity index is 1.39. The van der Waals surface area contributed by atoms with E-state index in [1.807, 2.05) is 0 Å². The van der Waals surface area contributed by atoms with Crippen LogP contribution < -0.4 is 5.32 Å². The number of anilines is 1. The second-order valence-electron chi connectivity index (χ2n) is 6.58. The Kier molecular flexibility index (Phi) is 5.65. The van der Waals surface area contributed by atoms with Crippen molar-refractivity contribution in [1.29, 1.82) is 0 Å². The SMILES string of the molecule is O=C(CCCN1C(=O)c2ccc(Br)cc2C1=O)Nc1cccc(Cl)c1-n1cncn1. The Morgan fingerprint density at radius 3 is 2.70 bits per heavy atom. The number of hydrogen-bond acceptors (Lipinski definition) is 5. The number of nitrogens with zero attached hydrogens (tertiary/aromatic N) is 4. The average molecular weight is 489 g/mol. The molecule has 3 aromatic rings. The van der Waals surface area contributed by atoms with Gasteiger partial charge < -0.3 is 5.32 Å². The highest BCUT2D eigenvalue weighted by atomic mass is 79.9. The topological polar surface area (TPSA) is 97.2 Å². The number of benzene rings is 2. The molecule has 152 valence electrons. The third-order valence-electron chi connectivity index (χ3n) is 4.63. The fourth-order valence-electron chi connectivity index (χ4n) is 3.25. The van der Waals surface area contributed by atoms with E-state index in [1.54, 1.807) is 36.4 Å². The van der Waals surface area contributed by atoms with Crippen LogP contribution in [0, 0.1) is 0 Å². The standard InChI is InChI=1S/C20H15BrClN5O3/c21-12-6-7-13-14(9-12)20(30)26(19(13)29)8-2-5-17(28)25-16-4-1-3-15(22)18(16)27-11-23-10-24-27/h1,3-4,6-7,9-11H,2,5,8H2,(H,25,28). The summed E-state index contributed by atoms with van der Waals surface area (Å²) in [4.78, 5) is 42.5. The predicted molar refractivity (Wildman–Crippen MR) is 114 cm³/mol. The first-order chi connectivity index (χ1) is 14.5. The lowest BCUT2D eigenvalue weighted by molar-refractivity contribution is -0.116. The summed E-state index contributed by atoms with van der Waals surface area (Å²) in [5, 5.41) is 7.28. The second kappa shape index (κ2) is 8.37. The molecule has 0 fully saturated rings. The third kappa shape index (κ3) is 3.86. The van der Waals surface area contributed by atoms with Crippen LogP contribution in [0.2, 0.25) is 5.02 Å². The quantitative estimate of drug-likeness (QED) is 0.534. The molecule has 0 saturated heterocycles. The largest absolute Gasteiger partial charge is 0.324 e. The lowest BCUT2D eigenvalue weighted by Gasteiger charge is -2.14. The summed E-state index contributed by atoms with van der Waals surface area (Å²) in [5.74, 6) is -0.954. The molecule has 1 aromatic heterocycles. The Labute approximate surface area is 185 Å². The van der Waals surface area contributed by atoms with E-state index >= 15 is 0 Å². The van der Waals surface area contributed by atoms with Crippen molar-refractivity contribution in [2.75, 3.05) is 11.9 Å². The van der Waals surface area contributed by atoms with E-state index in [2.05, 4.69) is 31.3 Å². The van der Waals surface area contributed by atoms with Gasteiger partial charge in [-0.1, -0.05) is 33.6 Å². The number of para-hydroxylation sites is 1. The number of aromatic nitrogens is 3. The van der Waals surface area contributed by atoms with Crippen molar-refractivity contribution in [3.63, 3.8) is 0 Å². The number of hydrogen-bond donors (Lipinski definition) is 1. The van der Waals surface area contributed by atoms with E-state index in [-0.39, 0.29) is 30.7 Å². The maximum Gasteiger partial charge on any atom is 0.261 e. The number of imide groups is 1. The van der Waals surface area contributed by atoms with Gasteiger partial charge >= 0.3 is 0 Å². The summed E-state index contributed by atoms with van der Waals surface area (Å²) >= 11 is 9.56. The molecule has 0 saturated carbocycles. The van der Waals surface area contributed by atoms with Crippen LogP contribution in [0.4, 0.5) is 5.69 Å². The first-order valence-electron chi connectivity index (χ1n) is 9.05. The smallest absolute Gasteiger partial charge is 0.261 e. The molecule has 0 aliphatic carbocycles. The van der Waals surface area contributed by atoms with Crippen LogP contribution in [-0.4, -0.2) is 43.9 Å². The maximum atomic E-state index is 12.5. The fourth-order valence-corrected chi connectivity index (χ4v) is 3.87. The minimum atomic E-state index is -0.347. The van der Waals surface area contributed by atoms with E-state index in [9.17, 15) is 14.4 Å². The van der Waals surface area contributed by atoms with Crippen LogP contribution in [0.15, 0.2) is 53.5 Å². The molecule has 0 atom stereocenters. The number of carbonyl (C=O) groups excluding carboxylic acids is 3. The average Bonchev–Trinajstić information content (AvgIpc) is 3.31. The molecule has 2 heterocycles. The predicted octanol–water partition coefficient (Wildman–Crippen LogP) is 3.70. The van der Waals surface area contributed by atoms with Gasteiger partial charge in [0.05, 0.1) is 21.8 Å². The molecule has 1 aliphatic heterocycles. The molecule has 1 aliphatic rings. The van der Waals surface area contributed by atoms with Gasteiger partial charge in [0, 0.05) is 17.4 Å². The highest BCUT2D eigenvalue weighted by molar-refractivity contribution is 9.10. The third-order valence-corrected chi connectivity index (χ3v) is 5.43. The molecule has 0 radical (unpaired) electrons. The molecule has 0 unspecified atom stereocenters. The zero-order valence-corrected chi connectivity index (χ0v) is 17.9. The summed E-state index contributed by atoms with van der Waals surface area (Å²) < 4.78 is 2.20. The molecule has 0 spiro atoms. The van der Waals surface area contributed by atoms with Crippen LogP contribution in [0.3, 0.4) is 0 Å². The van der Waals surface area contributed by atoms with E-state index in [0.717, 1.165) is 4.47 Å². The summed E-state index contributed by atoms with van der Waals surface area (Å²) in [5.41, 5.74) is 1.75. The molecule has 10 heteroatoms. The van der Waals surface area contributed by atoms with E-state index in [4.69, 9.17) is 11.6 Å². The Hall–Kier alpha value is -3.04. The molecular weight excluding hydrogens is 474 g/mol. The summed E-state index contributed by atoms with van der Waals surface area (Å²) in [6, 6.07) is 10.1. The van der Waals surface area contributed by atoms with Crippen LogP contribution in [0.5, 0.6) is 0 Å². The lowest BCUT2D eigenvalue weighted by Crippen LogP contribution is -2.31. The maximum absolute atomic E-state index is 12.5. The first kappa shape index (κ1) is 20.2. The van der Waals surface area contributed by atoms with Crippen LogP contribution in [0.1, 0.15) is 33.6 Å². The number of amides is 3. The molecule has 3 amide bonds. The van der Waals surface area contributed by atoms with Gasteiger partial charge in [0.15, 0.2) is 0 Å². The normalized spacial score (nSPS) is 12.9. The van der Waals surface area contributed by atoms with Crippen molar-refractivity contribution in [3.8, 4) is 5.69 Å². The van der Waals surface area contributed by atoms with Crippen molar-refractivity contribution >= 4 is 50.9 Å². The monoisotopic (exact) mass is 487 g/mol. The fraction of sp³-hybridized carbons (Fsp3) is 0.150. The van der Waals surface area contributed by atoms with Crippen LogP contribution in [-0.2, 0) is 4.79 Å². The Morgan fingerprint density at radius 2 is 1.93 bits per heavy atom. The van der Waals surface area contributed by atoms with Gasteiger partial charge in [0.25, 0.3) is 11.8 Å². The zero-order valence-electron chi connectivity index (χ0n) is 15.5. The van der Waals surface area contributed by atoms with Gasteiger partial charge in [-0.05, 0) is 36.8 Å². The van der Waals surface area contributed by atoms with Crippen LogP contribution >= 0.6 is 27.5 Å². The van der Waals surface area contributed by atoms with Crippen molar-refractivity contribution in [1.82, 2.24) is 19.7 Å². The number of halogens is 2. The van der Waals surface area contributed by atoms with Crippen molar-refractivity contribution < 1.29 is 14.4 Å². The number of carbonyl (C=O) groups is 3. The minimum Gasteiger partial charge on any atom is -0.324 e.